The van der Waals surface area contributed by atoms with E-state index in [0.29, 0.717) is 5.02 Å². The van der Waals surface area contributed by atoms with E-state index in [4.69, 9.17) is 16.3 Å². The van der Waals surface area contributed by atoms with E-state index in [2.05, 4.69) is 17.0 Å². The third-order valence-corrected chi connectivity index (χ3v) is 4.75. The molecule has 0 spiro atoms. The van der Waals surface area contributed by atoms with Crippen molar-refractivity contribution >= 4 is 23.6 Å². The highest BCUT2D eigenvalue weighted by atomic mass is 35.5. The summed E-state index contributed by atoms with van der Waals surface area (Å²) in [5.41, 5.74) is 2.19. The molecule has 3 rings (SSSR count). The molecule has 1 aliphatic heterocycles. The lowest BCUT2D eigenvalue weighted by Gasteiger charge is -2.34. The summed E-state index contributed by atoms with van der Waals surface area (Å²) in [7, 11) is 1.67. The summed E-state index contributed by atoms with van der Waals surface area (Å²) in [6.45, 7) is 4.14. The predicted octanol–water partition coefficient (Wildman–Crippen LogP) is 3.71. The van der Waals surface area contributed by atoms with Gasteiger partial charge in [0.25, 0.3) is 0 Å². The Morgan fingerprint density at radius 2 is 1.85 bits per heavy atom. The van der Waals surface area contributed by atoms with Crippen LogP contribution in [0, 0.1) is 0 Å². The Morgan fingerprint density at radius 3 is 2.50 bits per heavy atom. The van der Waals surface area contributed by atoms with Gasteiger partial charge in [-0.25, -0.2) is 0 Å². The van der Waals surface area contributed by atoms with E-state index in [-0.39, 0.29) is 5.91 Å². The summed E-state index contributed by atoms with van der Waals surface area (Å²) in [5, 5.41) is 0.673. The normalized spacial score (nSPS) is 15.4. The van der Waals surface area contributed by atoms with Crippen molar-refractivity contribution < 1.29 is 9.53 Å². The topological polar surface area (TPSA) is 32.8 Å². The molecule has 1 saturated heterocycles. The zero-order valence-corrected chi connectivity index (χ0v) is 15.7. The van der Waals surface area contributed by atoms with Crippen LogP contribution >= 0.6 is 11.6 Å². The maximum Gasteiger partial charge on any atom is 0.246 e. The molecule has 136 valence electrons. The molecule has 0 aromatic heterocycles. The summed E-state index contributed by atoms with van der Waals surface area (Å²) in [5.74, 6) is 0.921. The molecule has 0 radical (unpaired) electrons. The molecule has 1 fully saturated rings. The number of methoxy groups -OCH3 is 1. The molecule has 2 aromatic rings. The number of carbonyl (C=O) groups is 1. The molecule has 0 bridgehead atoms. The quantitative estimate of drug-likeness (QED) is 0.752. The molecule has 1 heterocycles. The number of piperazine rings is 1. The number of benzene rings is 2. The van der Waals surface area contributed by atoms with Crippen molar-refractivity contribution in [3.8, 4) is 5.75 Å². The van der Waals surface area contributed by atoms with Gasteiger partial charge in [-0.3, -0.25) is 9.69 Å². The Bertz CT molecular complexity index is 766. The average Bonchev–Trinajstić information content (AvgIpc) is 2.67. The first-order chi connectivity index (χ1) is 12.6. The second-order valence-electron chi connectivity index (χ2n) is 6.34. The molecule has 1 amide bonds. The summed E-state index contributed by atoms with van der Waals surface area (Å²) < 4.78 is 5.19. The number of hydrogen-bond acceptors (Lipinski definition) is 3. The monoisotopic (exact) mass is 370 g/mol. The average molecular weight is 371 g/mol. The van der Waals surface area contributed by atoms with Gasteiger partial charge in [0.1, 0.15) is 5.75 Å². The lowest BCUT2D eigenvalue weighted by Crippen LogP contribution is -2.47. The van der Waals surface area contributed by atoms with Crippen molar-refractivity contribution in [2.24, 2.45) is 0 Å². The van der Waals surface area contributed by atoms with E-state index < -0.39 is 0 Å². The predicted molar refractivity (Wildman–Crippen MR) is 105 cm³/mol. The lowest BCUT2D eigenvalue weighted by atomic mass is 10.2. The minimum absolute atomic E-state index is 0.0501. The van der Waals surface area contributed by atoms with Gasteiger partial charge in [-0.2, -0.15) is 0 Å². The zero-order valence-electron chi connectivity index (χ0n) is 14.9. The van der Waals surface area contributed by atoms with Crippen LogP contribution in [0.15, 0.2) is 54.6 Å². The Hall–Kier alpha value is -2.30. The van der Waals surface area contributed by atoms with E-state index in [1.165, 1.54) is 5.56 Å². The van der Waals surface area contributed by atoms with Crippen LogP contribution in [-0.2, 0) is 11.3 Å². The Balaban J connectivity index is 1.48. The van der Waals surface area contributed by atoms with Gasteiger partial charge >= 0.3 is 0 Å². The number of ether oxygens (including phenoxy) is 1. The smallest absolute Gasteiger partial charge is 0.246 e. The van der Waals surface area contributed by atoms with Crippen molar-refractivity contribution in [2.45, 2.75) is 6.54 Å². The molecular weight excluding hydrogens is 348 g/mol. The maximum atomic E-state index is 12.4. The van der Waals surface area contributed by atoms with Crippen molar-refractivity contribution in [2.75, 3.05) is 33.3 Å². The van der Waals surface area contributed by atoms with Gasteiger partial charge in [-0.05, 0) is 41.5 Å². The first-order valence-corrected chi connectivity index (χ1v) is 9.10. The molecule has 5 heteroatoms. The van der Waals surface area contributed by atoms with Crippen LogP contribution in [0.25, 0.3) is 6.08 Å². The SMILES string of the molecule is COc1ccc(CN2CCN(C(=O)/C=C/c3cccc(Cl)c3)CC2)cc1. The number of carbonyl (C=O) groups excluding carboxylic acids is 1. The highest BCUT2D eigenvalue weighted by Crippen LogP contribution is 2.15. The van der Waals surface area contributed by atoms with Crippen molar-refractivity contribution in [1.29, 1.82) is 0 Å². The Morgan fingerprint density at radius 1 is 1.12 bits per heavy atom. The molecule has 26 heavy (non-hydrogen) atoms. The molecule has 4 nitrogen and oxygen atoms in total. The molecule has 0 aliphatic carbocycles. The second kappa shape index (κ2) is 8.88. The number of nitrogens with zero attached hydrogens (tertiary/aromatic N) is 2. The highest BCUT2D eigenvalue weighted by Gasteiger charge is 2.19. The first-order valence-electron chi connectivity index (χ1n) is 8.72. The van der Waals surface area contributed by atoms with Crippen molar-refractivity contribution in [3.05, 3.63) is 70.8 Å². The highest BCUT2D eigenvalue weighted by molar-refractivity contribution is 6.30. The molecule has 0 atom stereocenters. The van der Waals surface area contributed by atoms with Gasteiger partial charge in [0.15, 0.2) is 0 Å². The van der Waals surface area contributed by atoms with Crippen LogP contribution in [-0.4, -0.2) is 49.0 Å². The van der Waals surface area contributed by atoms with E-state index in [1.54, 1.807) is 13.2 Å². The van der Waals surface area contributed by atoms with Crippen LogP contribution in [0.1, 0.15) is 11.1 Å². The Labute approximate surface area is 159 Å². The standard InChI is InChI=1S/C21H23ClN2O2/c1-26-20-8-5-18(6-9-20)16-23-11-13-24(14-12-23)21(25)10-7-17-3-2-4-19(22)15-17/h2-10,15H,11-14,16H2,1H3/b10-7+. The fourth-order valence-corrected chi connectivity index (χ4v) is 3.20. The maximum absolute atomic E-state index is 12.4. The van der Waals surface area contributed by atoms with Crippen LogP contribution in [0.2, 0.25) is 5.02 Å². The first kappa shape index (κ1) is 18.5. The van der Waals surface area contributed by atoms with Gasteiger partial charge in [0.2, 0.25) is 5.91 Å². The minimum atomic E-state index is 0.0501. The molecule has 0 saturated carbocycles. The van der Waals surface area contributed by atoms with Crippen LogP contribution in [0.5, 0.6) is 5.75 Å². The summed E-state index contributed by atoms with van der Waals surface area (Å²) in [6, 6.07) is 15.6. The minimum Gasteiger partial charge on any atom is -0.497 e. The van der Waals surface area contributed by atoms with E-state index in [0.717, 1.165) is 44.0 Å². The fourth-order valence-electron chi connectivity index (χ4n) is 3.00. The van der Waals surface area contributed by atoms with Gasteiger partial charge in [-0.15, -0.1) is 0 Å². The van der Waals surface area contributed by atoms with Gasteiger partial charge in [0, 0.05) is 43.8 Å². The van der Waals surface area contributed by atoms with E-state index in [9.17, 15) is 4.79 Å². The molecular formula is C21H23ClN2O2. The zero-order chi connectivity index (χ0) is 18.4. The number of rotatable bonds is 5. The van der Waals surface area contributed by atoms with Crippen LogP contribution in [0.4, 0.5) is 0 Å². The largest absolute Gasteiger partial charge is 0.497 e. The van der Waals surface area contributed by atoms with Gasteiger partial charge < -0.3 is 9.64 Å². The van der Waals surface area contributed by atoms with E-state index >= 15 is 0 Å². The fraction of sp³-hybridized carbons (Fsp3) is 0.286. The van der Waals surface area contributed by atoms with Gasteiger partial charge in [0.05, 0.1) is 7.11 Å². The summed E-state index contributed by atoms with van der Waals surface area (Å²) >= 11 is 5.97. The number of halogens is 1. The molecule has 0 N–H and O–H groups in total. The third-order valence-electron chi connectivity index (χ3n) is 4.52. The molecule has 0 unspecified atom stereocenters. The van der Waals surface area contributed by atoms with Crippen molar-refractivity contribution in [3.63, 3.8) is 0 Å². The molecule has 1 aliphatic rings. The summed E-state index contributed by atoms with van der Waals surface area (Å²) in [6.07, 6.45) is 3.45. The van der Waals surface area contributed by atoms with E-state index in [1.807, 2.05) is 47.4 Å². The second-order valence-corrected chi connectivity index (χ2v) is 6.77. The third kappa shape index (κ3) is 5.10. The number of hydrogen-bond donors (Lipinski definition) is 0. The lowest BCUT2D eigenvalue weighted by molar-refractivity contribution is -0.127. The van der Waals surface area contributed by atoms with Crippen LogP contribution in [0.3, 0.4) is 0 Å². The van der Waals surface area contributed by atoms with Crippen LogP contribution < -0.4 is 4.74 Å². The molecule has 2 aromatic carbocycles. The summed E-state index contributed by atoms with van der Waals surface area (Å²) in [4.78, 5) is 16.6. The number of amides is 1. The Kier molecular flexibility index (Phi) is 6.31. The van der Waals surface area contributed by atoms with Crippen molar-refractivity contribution in [1.82, 2.24) is 9.80 Å². The van der Waals surface area contributed by atoms with Gasteiger partial charge in [-0.1, -0.05) is 35.9 Å².